The van der Waals surface area contributed by atoms with Crippen molar-refractivity contribution in [1.82, 2.24) is 10.6 Å². The molecule has 2 amide bonds. The number of hydrogen-bond acceptors (Lipinski definition) is 4. The molecular formula is C28H32N2O5. The van der Waals surface area contributed by atoms with Crippen LogP contribution in [0.1, 0.15) is 68.4 Å². The van der Waals surface area contributed by atoms with Crippen LogP contribution >= 0.6 is 0 Å². The molecule has 0 heterocycles. The second kappa shape index (κ2) is 9.36. The molecule has 2 saturated carbocycles. The molecule has 7 nitrogen and oxygen atoms in total. The maximum Gasteiger partial charge on any atom is 0.407 e. The first-order valence-electron chi connectivity index (χ1n) is 12.5. The molecule has 0 radical (unpaired) electrons. The van der Waals surface area contributed by atoms with Crippen LogP contribution in [0.2, 0.25) is 0 Å². The van der Waals surface area contributed by atoms with Crippen molar-refractivity contribution < 1.29 is 24.2 Å². The van der Waals surface area contributed by atoms with Crippen LogP contribution in [0, 0.1) is 5.41 Å². The predicted octanol–water partition coefficient (Wildman–Crippen LogP) is 4.60. The number of hydrogen-bond donors (Lipinski definition) is 3. The van der Waals surface area contributed by atoms with Gasteiger partial charge in [0, 0.05) is 12.5 Å². The zero-order valence-electron chi connectivity index (χ0n) is 19.8. The lowest BCUT2D eigenvalue weighted by atomic mass is 9.67. The molecule has 3 aliphatic rings. The smallest absolute Gasteiger partial charge is 0.407 e. The number of carbonyl (C=O) groups excluding carboxylic acids is 2. The zero-order chi connectivity index (χ0) is 24.5. The molecule has 0 saturated heterocycles. The molecule has 0 bridgehead atoms. The third kappa shape index (κ3) is 4.51. The fourth-order valence-corrected chi connectivity index (χ4v) is 6.04. The number of amides is 2. The van der Waals surface area contributed by atoms with E-state index < -0.39 is 23.0 Å². The Hall–Kier alpha value is -3.35. The van der Waals surface area contributed by atoms with E-state index in [0.29, 0.717) is 25.7 Å². The van der Waals surface area contributed by atoms with E-state index in [1.165, 1.54) is 11.1 Å². The van der Waals surface area contributed by atoms with Gasteiger partial charge in [0.2, 0.25) is 5.91 Å². The van der Waals surface area contributed by atoms with Crippen LogP contribution in [0.15, 0.2) is 48.5 Å². The number of nitrogens with one attached hydrogen (secondary N) is 2. The summed E-state index contributed by atoms with van der Waals surface area (Å²) in [5.74, 6) is -1.06. The molecule has 0 aromatic heterocycles. The summed E-state index contributed by atoms with van der Waals surface area (Å²) in [5.41, 5.74) is 3.27. The zero-order valence-corrected chi connectivity index (χ0v) is 19.8. The molecular weight excluding hydrogens is 444 g/mol. The number of aliphatic carboxylic acids is 1. The van der Waals surface area contributed by atoms with E-state index in [2.05, 4.69) is 34.9 Å². The summed E-state index contributed by atoms with van der Waals surface area (Å²) in [7, 11) is 0. The number of fused-ring (bicyclic) bond motifs is 3. The van der Waals surface area contributed by atoms with Gasteiger partial charge in [0.15, 0.2) is 0 Å². The highest BCUT2D eigenvalue weighted by Gasteiger charge is 2.48. The van der Waals surface area contributed by atoms with Gasteiger partial charge in [-0.25, -0.2) is 4.79 Å². The first-order chi connectivity index (χ1) is 16.9. The summed E-state index contributed by atoms with van der Waals surface area (Å²) in [6, 6.07) is 16.4. The van der Waals surface area contributed by atoms with Crippen molar-refractivity contribution in [3.63, 3.8) is 0 Å². The Morgan fingerprint density at radius 3 is 2.03 bits per heavy atom. The van der Waals surface area contributed by atoms with Gasteiger partial charge in [0.1, 0.15) is 6.61 Å². The maximum absolute atomic E-state index is 13.2. The Labute approximate surface area is 205 Å². The van der Waals surface area contributed by atoms with Gasteiger partial charge in [-0.3, -0.25) is 9.59 Å². The number of carboxylic acids is 1. The van der Waals surface area contributed by atoms with Crippen molar-refractivity contribution >= 4 is 18.0 Å². The fourth-order valence-electron chi connectivity index (χ4n) is 6.04. The van der Waals surface area contributed by atoms with Crippen LogP contribution in [0.4, 0.5) is 4.79 Å². The number of carbonyl (C=O) groups is 3. The van der Waals surface area contributed by atoms with E-state index in [4.69, 9.17) is 4.74 Å². The summed E-state index contributed by atoms with van der Waals surface area (Å²) >= 11 is 0. The van der Waals surface area contributed by atoms with Crippen molar-refractivity contribution in [3.8, 4) is 11.1 Å². The Morgan fingerprint density at radius 1 is 0.886 bits per heavy atom. The molecule has 0 atom stereocenters. The largest absolute Gasteiger partial charge is 0.481 e. The highest BCUT2D eigenvalue weighted by atomic mass is 16.5. The molecule has 2 aromatic carbocycles. The summed E-state index contributed by atoms with van der Waals surface area (Å²) in [4.78, 5) is 37.3. The normalized spacial score (nSPS) is 19.2. The van der Waals surface area contributed by atoms with E-state index in [9.17, 15) is 19.5 Å². The lowest BCUT2D eigenvalue weighted by Crippen LogP contribution is -2.58. The highest BCUT2D eigenvalue weighted by molar-refractivity contribution is 5.86. The third-order valence-corrected chi connectivity index (χ3v) is 8.14. The van der Waals surface area contributed by atoms with Crippen molar-refractivity contribution in [1.29, 1.82) is 0 Å². The highest BCUT2D eigenvalue weighted by Crippen LogP contribution is 2.45. The van der Waals surface area contributed by atoms with E-state index in [1.807, 2.05) is 24.3 Å². The average molecular weight is 477 g/mol. The van der Waals surface area contributed by atoms with Gasteiger partial charge in [-0.15, -0.1) is 0 Å². The number of carboxylic acid groups (broad SMARTS) is 1. The molecule has 7 heteroatoms. The van der Waals surface area contributed by atoms with Crippen LogP contribution in [-0.4, -0.2) is 41.8 Å². The molecule has 2 aromatic rings. The van der Waals surface area contributed by atoms with Crippen molar-refractivity contribution in [2.75, 3.05) is 13.2 Å². The van der Waals surface area contributed by atoms with Gasteiger partial charge in [-0.05, 0) is 47.9 Å². The number of ether oxygens (including phenoxy) is 1. The minimum absolute atomic E-state index is 0.0210. The van der Waals surface area contributed by atoms with Gasteiger partial charge in [0.25, 0.3) is 0 Å². The second-order valence-corrected chi connectivity index (χ2v) is 10.3. The van der Waals surface area contributed by atoms with E-state index >= 15 is 0 Å². The first kappa shape index (κ1) is 23.4. The van der Waals surface area contributed by atoms with Gasteiger partial charge in [-0.1, -0.05) is 67.8 Å². The first-order valence-corrected chi connectivity index (χ1v) is 12.5. The second-order valence-electron chi connectivity index (χ2n) is 10.3. The topological polar surface area (TPSA) is 105 Å². The monoisotopic (exact) mass is 476 g/mol. The molecule has 0 spiro atoms. The van der Waals surface area contributed by atoms with Crippen LogP contribution < -0.4 is 10.6 Å². The molecule has 3 aliphatic carbocycles. The van der Waals surface area contributed by atoms with Crippen molar-refractivity contribution in [2.24, 2.45) is 5.41 Å². The third-order valence-electron chi connectivity index (χ3n) is 8.14. The van der Waals surface area contributed by atoms with Crippen LogP contribution in [0.25, 0.3) is 11.1 Å². The van der Waals surface area contributed by atoms with E-state index in [-0.39, 0.29) is 31.4 Å². The average Bonchev–Trinajstić information content (AvgIpc) is 3.39. The molecule has 3 N–H and O–H groups in total. The Kier molecular flexibility index (Phi) is 6.26. The van der Waals surface area contributed by atoms with Crippen LogP contribution in [0.5, 0.6) is 0 Å². The van der Waals surface area contributed by atoms with Crippen molar-refractivity contribution in [2.45, 2.75) is 62.8 Å². The van der Waals surface area contributed by atoms with Gasteiger partial charge in [-0.2, -0.15) is 0 Å². The maximum atomic E-state index is 13.2. The van der Waals surface area contributed by atoms with Gasteiger partial charge in [0.05, 0.1) is 17.4 Å². The Balaban J connectivity index is 1.19. The number of alkyl carbamates (subject to hydrolysis) is 1. The lowest BCUT2D eigenvalue weighted by Gasteiger charge is -2.43. The summed E-state index contributed by atoms with van der Waals surface area (Å²) in [6.45, 7) is 0.416. The molecule has 5 rings (SSSR count). The summed E-state index contributed by atoms with van der Waals surface area (Å²) in [6.07, 6.45) is 4.85. The minimum atomic E-state index is -0.897. The molecule has 0 aliphatic heterocycles. The van der Waals surface area contributed by atoms with Gasteiger partial charge < -0.3 is 20.5 Å². The Morgan fingerprint density at radius 2 is 1.49 bits per heavy atom. The molecule has 35 heavy (non-hydrogen) atoms. The minimum Gasteiger partial charge on any atom is -0.481 e. The van der Waals surface area contributed by atoms with E-state index in [0.717, 1.165) is 30.4 Å². The standard InChI is InChI=1S/C28H32N2O5/c31-24(32)16-28(14-5-6-15-28)30-25(33)27(12-7-13-27)18-29-26(34)35-17-23-21-10-3-1-8-19(21)20-9-2-4-11-22(20)23/h1-4,8-11,23H,5-7,12-18H2,(H,29,34)(H,30,33)(H,31,32). The van der Waals surface area contributed by atoms with Gasteiger partial charge >= 0.3 is 12.1 Å². The van der Waals surface area contributed by atoms with Crippen LogP contribution in [-0.2, 0) is 14.3 Å². The van der Waals surface area contributed by atoms with Crippen molar-refractivity contribution in [3.05, 3.63) is 59.7 Å². The molecule has 2 fully saturated rings. The number of rotatable bonds is 8. The summed E-state index contributed by atoms with van der Waals surface area (Å²) in [5, 5.41) is 15.2. The number of benzene rings is 2. The lowest BCUT2D eigenvalue weighted by molar-refractivity contribution is -0.141. The molecule has 184 valence electrons. The quantitative estimate of drug-likeness (QED) is 0.517. The van der Waals surface area contributed by atoms with Crippen LogP contribution in [0.3, 0.4) is 0 Å². The summed E-state index contributed by atoms with van der Waals surface area (Å²) < 4.78 is 5.63. The SMILES string of the molecule is O=C(O)CC1(NC(=O)C2(CNC(=O)OCC3c4ccccc4-c4ccccc43)CCC2)CCCC1. The fraction of sp³-hybridized carbons (Fsp3) is 0.464. The predicted molar refractivity (Wildman–Crippen MR) is 131 cm³/mol. The van der Waals surface area contributed by atoms with E-state index in [1.54, 1.807) is 0 Å². The Bertz CT molecular complexity index is 1090. The molecule has 0 unspecified atom stereocenters.